The number of amides is 1. The Kier molecular flexibility index (Phi) is 7.47. The molecule has 30 heavy (non-hydrogen) atoms. The Bertz CT molecular complexity index is 905. The highest BCUT2D eigenvalue weighted by molar-refractivity contribution is 5.76. The summed E-state index contributed by atoms with van der Waals surface area (Å²) in [6.07, 6.45) is 1.53. The van der Waals surface area contributed by atoms with Crippen LogP contribution in [0.3, 0.4) is 0 Å². The summed E-state index contributed by atoms with van der Waals surface area (Å²) < 4.78 is 1.87. The third kappa shape index (κ3) is 5.39. The number of para-hydroxylation sites is 1. The van der Waals surface area contributed by atoms with Gasteiger partial charge in [0.1, 0.15) is 0 Å². The number of piperazine rings is 1. The van der Waals surface area contributed by atoms with E-state index in [2.05, 4.69) is 51.5 Å². The number of hydrogen-bond acceptors (Lipinski definition) is 5. The van der Waals surface area contributed by atoms with Gasteiger partial charge in [0.25, 0.3) is 0 Å². The molecule has 1 fully saturated rings. The van der Waals surface area contributed by atoms with Crippen molar-refractivity contribution >= 4 is 11.6 Å². The lowest BCUT2D eigenvalue weighted by molar-refractivity contribution is -0.121. The van der Waals surface area contributed by atoms with Gasteiger partial charge < -0.3 is 15.1 Å². The molecule has 3 rings (SSSR count). The Hall–Kier alpha value is -2.85. The van der Waals surface area contributed by atoms with Gasteiger partial charge in [-0.05, 0) is 44.5 Å². The van der Waals surface area contributed by atoms with Crippen LogP contribution in [0.5, 0.6) is 0 Å². The maximum absolute atomic E-state index is 12.5. The number of rotatable bonds is 8. The number of aryl methyl sites for hydroxylation is 2. The largest absolute Gasteiger partial charge is 0.369 e. The average molecular weight is 409 g/mol. The molecule has 0 aliphatic carbocycles. The highest BCUT2D eigenvalue weighted by Crippen LogP contribution is 2.22. The van der Waals surface area contributed by atoms with Crippen molar-refractivity contribution in [1.29, 1.82) is 5.26 Å². The quantitative estimate of drug-likeness (QED) is 0.726. The second-order valence-electron chi connectivity index (χ2n) is 7.98. The molecule has 0 bridgehead atoms. The zero-order valence-corrected chi connectivity index (χ0v) is 18.3. The highest BCUT2D eigenvalue weighted by atomic mass is 16.1. The van der Waals surface area contributed by atoms with Crippen LogP contribution in [-0.2, 0) is 24.3 Å². The summed E-state index contributed by atoms with van der Waals surface area (Å²) in [4.78, 5) is 17.3. The Morgan fingerprint density at radius 3 is 2.67 bits per heavy atom. The molecule has 7 heteroatoms. The zero-order valence-electron chi connectivity index (χ0n) is 18.3. The SMILES string of the molecule is Cc1nn(CCC#N)c(C)c1CCC(=O)NCc1ccccc1N1CCN(C)CC1. The van der Waals surface area contributed by atoms with Crippen LogP contribution in [0, 0.1) is 25.2 Å². The van der Waals surface area contributed by atoms with Gasteiger partial charge in [-0.25, -0.2) is 0 Å². The molecule has 0 atom stereocenters. The van der Waals surface area contributed by atoms with E-state index < -0.39 is 0 Å². The number of nitrogens with zero attached hydrogens (tertiary/aromatic N) is 5. The maximum atomic E-state index is 12.5. The van der Waals surface area contributed by atoms with Gasteiger partial charge >= 0.3 is 0 Å². The van der Waals surface area contributed by atoms with Gasteiger partial charge in [0.15, 0.2) is 0 Å². The summed E-state index contributed by atoms with van der Waals surface area (Å²) in [5.41, 5.74) is 5.49. The molecule has 160 valence electrons. The fourth-order valence-corrected chi connectivity index (χ4v) is 4.01. The monoisotopic (exact) mass is 408 g/mol. The fraction of sp³-hybridized carbons (Fsp3) is 0.522. The third-order valence-electron chi connectivity index (χ3n) is 5.88. The van der Waals surface area contributed by atoms with Gasteiger partial charge in [-0.3, -0.25) is 9.48 Å². The minimum atomic E-state index is 0.0479. The Balaban J connectivity index is 1.55. The fourth-order valence-electron chi connectivity index (χ4n) is 4.01. The van der Waals surface area contributed by atoms with Gasteiger partial charge in [-0.2, -0.15) is 10.4 Å². The van der Waals surface area contributed by atoms with Crippen molar-refractivity contribution in [3.63, 3.8) is 0 Å². The van der Waals surface area contributed by atoms with Gasteiger partial charge in [0.05, 0.1) is 24.7 Å². The molecule has 1 aromatic heterocycles. The van der Waals surface area contributed by atoms with Crippen molar-refractivity contribution in [3.8, 4) is 6.07 Å². The van der Waals surface area contributed by atoms with E-state index >= 15 is 0 Å². The van der Waals surface area contributed by atoms with Gasteiger partial charge in [0, 0.05) is 50.5 Å². The maximum Gasteiger partial charge on any atom is 0.220 e. The number of carbonyl (C=O) groups is 1. The molecule has 0 unspecified atom stereocenters. The van der Waals surface area contributed by atoms with Crippen molar-refractivity contribution < 1.29 is 4.79 Å². The van der Waals surface area contributed by atoms with Gasteiger partial charge in [-0.1, -0.05) is 18.2 Å². The Morgan fingerprint density at radius 2 is 1.93 bits per heavy atom. The van der Waals surface area contributed by atoms with Crippen molar-refractivity contribution in [2.75, 3.05) is 38.1 Å². The number of nitrogens with one attached hydrogen (secondary N) is 1. The first-order valence-electron chi connectivity index (χ1n) is 10.7. The number of nitriles is 1. The van der Waals surface area contributed by atoms with E-state index in [0.29, 0.717) is 32.4 Å². The van der Waals surface area contributed by atoms with E-state index in [1.165, 1.54) is 5.69 Å². The number of anilines is 1. The Labute approximate surface area is 179 Å². The smallest absolute Gasteiger partial charge is 0.220 e. The van der Waals surface area contributed by atoms with Crippen LogP contribution in [0.25, 0.3) is 0 Å². The molecule has 0 radical (unpaired) electrons. The van der Waals surface area contributed by atoms with Crippen molar-refractivity contribution in [3.05, 3.63) is 46.8 Å². The van der Waals surface area contributed by atoms with E-state index in [0.717, 1.165) is 48.7 Å². The molecule has 0 saturated carbocycles. The second kappa shape index (κ2) is 10.3. The van der Waals surface area contributed by atoms with Crippen LogP contribution >= 0.6 is 0 Å². The van der Waals surface area contributed by atoms with Gasteiger partial charge in [-0.15, -0.1) is 0 Å². The molecule has 0 spiro atoms. The molecule has 1 aliphatic rings. The van der Waals surface area contributed by atoms with E-state index in [9.17, 15) is 4.79 Å². The summed E-state index contributed by atoms with van der Waals surface area (Å²) in [7, 11) is 2.15. The highest BCUT2D eigenvalue weighted by Gasteiger charge is 2.17. The minimum Gasteiger partial charge on any atom is -0.369 e. The second-order valence-corrected chi connectivity index (χ2v) is 7.98. The lowest BCUT2D eigenvalue weighted by Gasteiger charge is -2.35. The van der Waals surface area contributed by atoms with Crippen LogP contribution in [0.4, 0.5) is 5.69 Å². The van der Waals surface area contributed by atoms with E-state index in [1.807, 2.05) is 24.6 Å². The number of likely N-dealkylation sites (N-methyl/N-ethyl adjacent to an activating group) is 1. The van der Waals surface area contributed by atoms with E-state index in [1.54, 1.807) is 0 Å². The molecule has 2 aromatic rings. The van der Waals surface area contributed by atoms with Crippen LogP contribution in [0.2, 0.25) is 0 Å². The lowest BCUT2D eigenvalue weighted by atomic mass is 10.1. The topological polar surface area (TPSA) is 77.2 Å². The van der Waals surface area contributed by atoms with Crippen LogP contribution in [0.1, 0.15) is 35.4 Å². The molecule has 1 aromatic carbocycles. The summed E-state index contributed by atoms with van der Waals surface area (Å²) in [5.74, 6) is 0.0479. The third-order valence-corrected chi connectivity index (χ3v) is 5.88. The first kappa shape index (κ1) is 21.8. The van der Waals surface area contributed by atoms with Crippen molar-refractivity contribution in [2.45, 2.75) is 46.2 Å². The summed E-state index contributed by atoms with van der Waals surface area (Å²) in [5, 5.41) is 16.4. The summed E-state index contributed by atoms with van der Waals surface area (Å²) in [6, 6.07) is 10.5. The average Bonchev–Trinajstić information content (AvgIpc) is 3.02. The summed E-state index contributed by atoms with van der Waals surface area (Å²) in [6.45, 7) is 9.25. The number of benzene rings is 1. The number of aromatic nitrogens is 2. The van der Waals surface area contributed by atoms with Crippen LogP contribution < -0.4 is 10.2 Å². The predicted molar refractivity (Wildman–Crippen MR) is 118 cm³/mol. The minimum absolute atomic E-state index is 0.0479. The van der Waals surface area contributed by atoms with Gasteiger partial charge in [0.2, 0.25) is 5.91 Å². The van der Waals surface area contributed by atoms with E-state index in [4.69, 9.17) is 5.26 Å². The van der Waals surface area contributed by atoms with E-state index in [-0.39, 0.29) is 5.91 Å². The predicted octanol–water partition coefficient (Wildman–Crippen LogP) is 2.41. The molecule has 1 N–H and O–H groups in total. The molecular formula is C23H32N6O. The number of hydrogen-bond donors (Lipinski definition) is 1. The first-order chi connectivity index (χ1) is 14.5. The van der Waals surface area contributed by atoms with Crippen LogP contribution in [0.15, 0.2) is 24.3 Å². The summed E-state index contributed by atoms with van der Waals surface area (Å²) >= 11 is 0. The molecule has 2 heterocycles. The first-order valence-corrected chi connectivity index (χ1v) is 10.7. The van der Waals surface area contributed by atoms with Crippen molar-refractivity contribution in [2.24, 2.45) is 0 Å². The molecule has 1 aliphatic heterocycles. The van der Waals surface area contributed by atoms with Crippen molar-refractivity contribution in [1.82, 2.24) is 20.0 Å². The van der Waals surface area contributed by atoms with Crippen LogP contribution in [-0.4, -0.2) is 53.8 Å². The standard InChI is InChI=1S/C23H32N6O/c1-18-21(19(2)29(26-18)12-6-11-24)9-10-23(30)25-17-20-7-4-5-8-22(20)28-15-13-27(3)14-16-28/h4-5,7-8H,6,9-10,12-17H2,1-3H3,(H,25,30). The lowest BCUT2D eigenvalue weighted by Crippen LogP contribution is -2.45. The Morgan fingerprint density at radius 1 is 1.20 bits per heavy atom. The molecule has 7 nitrogen and oxygen atoms in total. The molecule has 1 saturated heterocycles. The number of carbonyl (C=O) groups excluding carboxylic acids is 1. The zero-order chi connectivity index (χ0) is 21.5. The molecular weight excluding hydrogens is 376 g/mol. The molecule has 1 amide bonds. The normalized spacial score (nSPS) is 14.5.